The van der Waals surface area contributed by atoms with Gasteiger partial charge in [-0.15, -0.1) is 0 Å². The van der Waals surface area contributed by atoms with E-state index in [2.05, 4.69) is 0 Å². The van der Waals surface area contributed by atoms with Crippen LogP contribution in [0.3, 0.4) is 0 Å². The molecule has 0 saturated carbocycles. The first kappa shape index (κ1) is 14.0. The van der Waals surface area contributed by atoms with Gasteiger partial charge in [0, 0.05) is 0 Å². The smallest absolute Gasteiger partial charge is 0.158 e. The zero-order chi connectivity index (χ0) is 13.1. The molecular weight excluding hydrogens is 236 g/mol. The molecule has 0 spiro atoms. The number of sulfone groups is 1. The van der Waals surface area contributed by atoms with E-state index >= 15 is 0 Å². The lowest BCUT2D eigenvalue weighted by atomic mass is 10.2. The summed E-state index contributed by atoms with van der Waals surface area (Å²) in [5.41, 5.74) is 1.01. The Morgan fingerprint density at radius 1 is 1.18 bits per heavy atom. The van der Waals surface area contributed by atoms with Gasteiger partial charge >= 0.3 is 0 Å². The molecule has 3 nitrogen and oxygen atoms in total. The fourth-order valence-corrected chi connectivity index (χ4v) is 2.20. The van der Waals surface area contributed by atoms with Gasteiger partial charge in [0.25, 0.3) is 0 Å². The maximum atomic E-state index is 11.8. The Morgan fingerprint density at radius 2 is 1.76 bits per heavy atom. The molecule has 0 aliphatic carbocycles. The Hall–Kier alpha value is -1.03. The minimum Gasteiger partial charge on any atom is -0.492 e. The molecule has 96 valence electrons. The largest absolute Gasteiger partial charge is 0.492 e. The highest BCUT2D eigenvalue weighted by molar-refractivity contribution is 7.92. The van der Waals surface area contributed by atoms with Crippen LogP contribution in [-0.2, 0) is 9.84 Å². The van der Waals surface area contributed by atoms with Crippen LogP contribution in [-0.4, -0.2) is 25.5 Å². The molecule has 0 N–H and O–H groups in total. The van der Waals surface area contributed by atoms with Gasteiger partial charge in [-0.25, -0.2) is 8.42 Å². The molecule has 17 heavy (non-hydrogen) atoms. The third-order valence-electron chi connectivity index (χ3n) is 2.64. The summed E-state index contributed by atoms with van der Waals surface area (Å²) in [6.07, 6.45) is 0. The molecule has 0 saturated heterocycles. The van der Waals surface area contributed by atoms with Crippen LogP contribution in [0.1, 0.15) is 26.3 Å². The van der Waals surface area contributed by atoms with E-state index in [1.165, 1.54) is 0 Å². The van der Waals surface area contributed by atoms with Gasteiger partial charge in [-0.1, -0.05) is 18.2 Å². The van der Waals surface area contributed by atoms with Crippen molar-refractivity contribution in [1.29, 1.82) is 0 Å². The molecule has 4 heteroatoms. The molecule has 0 atom stereocenters. The monoisotopic (exact) mass is 256 g/mol. The lowest BCUT2D eigenvalue weighted by Gasteiger charge is -2.19. The van der Waals surface area contributed by atoms with Gasteiger partial charge in [-0.3, -0.25) is 0 Å². The maximum absolute atomic E-state index is 11.8. The second-order valence-electron chi connectivity index (χ2n) is 5.05. The van der Waals surface area contributed by atoms with Crippen molar-refractivity contribution in [3.05, 3.63) is 29.8 Å². The van der Waals surface area contributed by atoms with E-state index < -0.39 is 14.6 Å². The fraction of sp³-hybridized carbons (Fsp3) is 0.538. The number of aryl methyl sites for hydroxylation is 1. The maximum Gasteiger partial charge on any atom is 0.158 e. The summed E-state index contributed by atoms with van der Waals surface area (Å²) in [5.74, 6) is 0.793. The van der Waals surface area contributed by atoms with E-state index in [0.29, 0.717) is 0 Å². The van der Waals surface area contributed by atoms with E-state index in [9.17, 15) is 8.42 Å². The average molecular weight is 256 g/mol. The summed E-state index contributed by atoms with van der Waals surface area (Å²) >= 11 is 0. The van der Waals surface area contributed by atoms with Crippen molar-refractivity contribution >= 4 is 9.84 Å². The summed E-state index contributed by atoms with van der Waals surface area (Å²) in [7, 11) is -3.11. The quantitative estimate of drug-likeness (QED) is 0.831. The Balaban J connectivity index is 2.58. The number of hydrogen-bond acceptors (Lipinski definition) is 3. The highest BCUT2D eigenvalue weighted by Crippen LogP contribution is 2.18. The molecule has 0 bridgehead atoms. The Bertz CT molecular complexity index is 470. The molecule has 1 aromatic carbocycles. The molecule has 1 aromatic rings. The topological polar surface area (TPSA) is 43.4 Å². The van der Waals surface area contributed by atoms with Crippen molar-refractivity contribution in [2.24, 2.45) is 0 Å². The number of benzene rings is 1. The van der Waals surface area contributed by atoms with Crippen LogP contribution < -0.4 is 4.74 Å². The van der Waals surface area contributed by atoms with E-state index in [1.54, 1.807) is 20.8 Å². The Kier molecular flexibility index (Phi) is 4.20. The highest BCUT2D eigenvalue weighted by Gasteiger charge is 2.28. The fourth-order valence-electron chi connectivity index (χ4n) is 1.29. The van der Waals surface area contributed by atoms with Crippen LogP contribution in [0.25, 0.3) is 0 Å². The summed E-state index contributed by atoms with van der Waals surface area (Å²) < 4.78 is 28.5. The van der Waals surface area contributed by atoms with Crippen molar-refractivity contribution in [2.75, 3.05) is 12.4 Å². The first-order chi connectivity index (χ1) is 7.74. The summed E-state index contributed by atoms with van der Waals surface area (Å²) in [6.45, 7) is 7.25. The van der Waals surface area contributed by atoms with Crippen LogP contribution >= 0.6 is 0 Å². The standard InChI is InChI=1S/C13H20O3S/c1-11-7-5-6-8-12(11)16-9-10-17(14,15)13(2,3)4/h5-8H,9-10H2,1-4H3. The first-order valence-electron chi connectivity index (χ1n) is 5.65. The molecule has 0 aromatic heterocycles. The minimum atomic E-state index is -3.11. The predicted molar refractivity (Wildman–Crippen MR) is 70.2 cm³/mol. The van der Waals surface area contributed by atoms with E-state index in [1.807, 2.05) is 31.2 Å². The van der Waals surface area contributed by atoms with Crippen molar-refractivity contribution < 1.29 is 13.2 Å². The minimum absolute atomic E-state index is 0.0465. The zero-order valence-electron chi connectivity index (χ0n) is 10.9. The lowest BCUT2D eigenvalue weighted by Crippen LogP contribution is -2.32. The van der Waals surface area contributed by atoms with E-state index in [4.69, 9.17) is 4.74 Å². The second-order valence-corrected chi connectivity index (χ2v) is 7.91. The van der Waals surface area contributed by atoms with Crippen LogP contribution in [0.2, 0.25) is 0 Å². The van der Waals surface area contributed by atoms with Crippen LogP contribution in [0.15, 0.2) is 24.3 Å². The second kappa shape index (κ2) is 5.08. The van der Waals surface area contributed by atoms with Gasteiger partial charge in [0.1, 0.15) is 12.4 Å². The lowest BCUT2D eigenvalue weighted by molar-refractivity contribution is 0.337. The molecule has 1 rings (SSSR count). The Labute approximate surface area is 104 Å². The van der Waals surface area contributed by atoms with Gasteiger partial charge in [-0.2, -0.15) is 0 Å². The van der Waals surface area contributed by atoms with Crippen molar-refractivity contribution in [1.82, 2.24) is 0 Å². The summed E-state index contributed by atoms with van der Waals surface area (Å²) in [5, 5.41) is 0. The van der Waals surface area contributed by atoms with E-state index in [-0.39, 0.29) is 12.4 Å². The van der Waals surface area contributed by atoms with Crippen LogP contribution in [0.4, 0.5) is 0 Å². The SMILES string of the molecule is Cc1ccccc1OCCS(=O)(=O)C(C)(C)C. The van der Waals surface area contributed by atoms with Crippen LogP contribution in [0.5, 0.6) is 5.75 Å². The number of ether oxygens (including phenoxy) is 1. The molecule has 0 radical (unpaired) electrons. The number of rotatable bonds is 4. The molecular formula is C13H20O3S. The van der Waals surface area contributed by atoms with Gasteiger partial charge in [0.2, 0.25) is 0 Å². The highest BCUT2D eigenvalue weighted by atomic mass is 32.2. The third kappa shape index (κ3) is 3.73. The number of hydrogen-bond donors (Lipinski definition) is 0. The van der Waals surface area contributed by atoms with Gasteiger partial charge < -0.3 is 4.74 Å². The van der Waals surface area contributed by atoms with Gasteiger partial charge in [-0.05, 0) is 39.3 Å². The van der Waals surface area contributed by atoms with Crippen LogP contribution in [0, 0.1) is 6.92 Å². The molecule has 0 heterocycles. The van der Waals surface area contributed by atoms with Crippen molar-refractivity contribution in [3.8, 4) is 5.75 Å². The predicted octanol–water partition coefficient (Wildman–Crippen LogP) is 2.59. The zero-order valence-corrected chi connectivity index (χ0v) is 11.7. The number of para-hydroxylation sites is 1. The van der Waals surface area contributed by atoms with Gasteiger partial charge in [0.05, 0.1) is 10.5 Å². The van der Waals surface area contributed by atoms with E-state index in [0.717, 1.165) is 11.3 Å². The average Bonchev–Trinajstić information content (AvgIpc) is 2.19. The summed E-state index contributed by atoms with van der Waals surface area (Å²) in [6, 6.07) is 7.58. The molecule has 0 unspecified atom stereocenters. The normalized spacial score (nSPS) is 12.5. The van der Waals surface area contributed by atoms with Gasteiger partial charge in [0.15, 0.2) is 9.84 Å². The van der Waals surface area contributed by atoms with Crippen molar-refractivity contribution in [3.63, 3.8) is 0 Å². The molecule has 0 fully saturated rings. The molecule has 0 amide bonds. The molecule has 0 aliphatic rings. The first-order valence-corrected chi connectivity index (χ1v) is 7.30. The third-order valence-corrected chi connectivity index (χ3v) is 5.21. The molecule has 0 aliphatic heterocycles. The summed E-state index contributed by atoms with van der Waals surface area (Å²) in [4.78, 5) is 0. The Morgan fingerprint density at radius 3 is 2.29 bits per heavy atom. The van der Waals surface area contributed by atoms with Crippen molar-refractivity contribution in [2.45, 2.75) is 32.4 Å².